The molecule has 0 rings (SSSR count). The Labute approximate surface area is 83.6 Å². The van der Waals surface area contributed by atoms with Crippen molar-refractivity contribution in [2.45, 2.75) is 59.5 Å². The molecule has 13 heavy (non-hydrogen) atoms. The minimum atomic E-state index is 0.311. The zero-order valence-electron chi connectivity index (χ0n) is 9.85. The topological polar surface area (TPSA) is 12.0 Å². The van der Waals surface area contributed by atoms with Crippen LogP contribution in [-0.2, 0) is 0 Å². The van der Waals surface area contributed by atoms with E-state index in [0.717, 1.165) is 0 Å². The Morgan fingerprint density at radius 1 is 1.38 bits per heavy atom. The van der Waals surface area contributed by atoms with Gasteiger partial charge in [0, 0.05) is 12.1 Å². The number of hydrogen-bond donors (Lipinski definition) is 1. The van der Waals surface area contributed by atoms with Crippen LogP contribution in [0.5, 0.6) is 0 Å². The van der Waals surface area contributed by atoms with E-state index in [-0.39, 0.29) is 0 Å². The lowest BCUT2D eigenvalue weighted by Gasteiger charge is -2.34. The normalized spacial score (nSPS) is 16.7. The van der Waals surface area contributed by atoms with Crippen molar-refractivity contribution in [3.05, 3.63) is 12.7 Å². The van der Waals surface area contributed by atoms with E-state index in [9.17, 15) is 0 Å². The first kappa shape index (κ1) is 12.7. The van der Waals surface area contributed by atoms with Crippen LogP contribution in [0.3, 0.4) is 0 Å². The van der Waals surface area contributed by atoms with Crippen LogP contribution in [0, 0.1) is 5.41 Å². The maximum atomic E-state index is 3.90. The van der Waals surface area contributed by atoms with Gasteiger partial charge in [0.05, 0.1) is 0 Å². The minimum Gasteiger partial charge on any atom is -0.308 e. The summed E-state index contributed by atoms with van der Waals surface area (Å²) in [6.45, 7) is 15.1. The molecule has 0 radical (unpaired) electrons. The van der Waals surface area contributed by atoms with E-state index in [2.05, 4.69) is 46.5 Å². The van der Waals surface area contributed by atoms with Crippen LogP contribution in [0.4, 0.5) is 0 Å². The van der Waals surface area contributed by atoms with Crippen LogP contribution < -0.4 is 5.32 Å². The molecule has 0 heterocycles. The predicted octanol–water partition coefficient (Wildman–Crippen LogP) is 3.37. The zero-order valence-corrected chi connectivity index (χ0v) is 9.85. The molecule has 0 aliphatic heterocycles. The molecule has 78 valence electrons. The van der Waals surface area contributed by atoms with Gasteiger partial charge in [-0.2, -0.15) is 0 Å². The first-order valence-corrected chi connectivity index (χ1v) is 5.36. The van der Waals surface area contributed by atoms with E-state index in [1.807, 2.05) is 6.08 Å². The first-order valence-electron chi connectivity index (χ1n) is 5.36. The molecule has 0 bridgehead atoms. The average molecular weight is 183 g/mol. The molecule has 0 saturated carbocycles. The Balaban J connectivity index is 4.25. The van der Waals surface area contributed by atoms with Crippen molar-refractivity contribution in [3.63, 3.8) is 0 Å². The Morgan fingerprint density at radius 2 is 1.92 bits per heavy atom. The average Bonchev–Trinajstić information content (AvgIpc) is 2.13. The van der Waals surface area contributed by atoms with Crippen LogP contribution in [0.25, 0.3) is 0 Å². The summed E-state index contributed by atoms with van der Waals surface area (Å²) in [6.07, 6.45) is 4.38. The second-order valence-corrected chi connectivity index (χ2v) is 4.53. The van der Waals surface area contributed by atoms with E-state index in [0.29, 0.717) is 17.5 Å². The lowest BCUT2D eigenvalue weighted by molar-refractivity contribution is 0.254. The van der Waals surface area contributed by atoms with Gasteiger partial charge >= 0.3 is 0 Å². The van der Waals surface area contributed by atoms with Gasteiger partial charge in [0.2, 0.25) is 0 Å². The largest absolute Gasteiger partial charge is 0.308 e. The van der Waals surface area contributed by atoms with Crippen molar-refractivity contribution >= 4 is 0 Å². The van der Waals surface area contributed by atoms with Gasteiger partial charge in [-0.3, -0.25) is 0 Å². The van der Waals surface area contributed by atoms with Gasteiger partial charge in [0.25, 0.3) is 0 Å². The summed E-state index contributed by atoms with van der Waals surface area (Å²) in [4.78, 5) is 0. The maximum Gasteiger partial charge on any atom is 0.0301 e. The Hall–Kier alpha value is -0.300. The van der Waals surface area contributed by atoms with Crippen LogP contribution in [0.15, 0.2) is 12.7 Å². The number of rotatable bonds is 6. The highest BCUT2D eigenvalue weighted by molar-refractivity contribution is 4.96. The molecular weight excluding hydrogens is 158 g/mol. The van der Waals surface area contributed by atoms with E-state index >= 15 is 0 Å². The smallest absolute Gasteiger partial charge is 0.0301 e. The molecule has 0 saturated heterocycles. The Morgan fingerprint density at radius 3 is 2.23 bits per heavy atom. The fourth-order valence-electron chi connectivity index (χ4n) is 1.26. The molecule has 1 N–H and O–H groups in total. The zero-order chi connectivity index (χ0) is 10.5. The Bertz CT molecular complexity index is 149. The van der Waals surface area contributed by atoms with Gasteiger partial charge < -0.3 is 5.32 Å². The summed E-state index contributed by atoms with van der Waals surface area (Å²) in [5.74, 6) is 0. The lowest BCUT2D eigenvalue weighted by atomic mass is 9.81. The molecule has 0 aromatic heterocycles. The van der Waals surface area contributed by atoms with E-state index < -0.39 is 0 Å². The van der Waals surface area contributed by atoms with Gasteiger partial charge in [-0.15, -0.1) is 6.58 Å². The van der Waals surface area contributed by atoms with Gasteiger partial charge in [0.15, 0.2) is 0 Å². The second-order valence-electron chi connectivity index (χ2n) is 4.53. The van der Waals surface area contributed by atoms with Crippen molar-refractivity contribution in [1.29, 1.82) is 0 Å². The van der Waals surface area contributed by atoms with Gasteiger partial charge in [-0.05, 0) is 25.2 Å². The molecule has 2 unspecified atom stereocenters. The minimum absolute atomic E-state index is 0.311. The molecule has 0 spiro atoms. The van der Waals surface area contributed by atoms with E-state index in [4.69, 9.17) is 0 Å². The highest BCUT2D eigenvalue weighted by atomic mass is 15.0. The first-order chi connectivity index (χ1) is 5.97. The van der Waals surface area contributed by atoms with Gasteiger partial charge in [-0.1, -0.05) is 33.8 Å². The third-order valence-electron chi connectivity index (χ3n) is 3.07. The fourth-order valence-corrected chi connectivity index (χ4v) is 1.26. The molecule has 2 atom stereocenters. The summed E-state index contributed by atoms with van der Waals surface area (Å²) in [7, 11) is 0. The van der Waals surface area contributed by atoms with Crippen molar-refractivity contribution in [3.8, 4) is 0 Å². The summed E-state index contributed by atoms with van der Waals surface area (Å²) in [5.41, 5.74) is 0.311. The lowest BCUT2D eigenvalue weighted by Crippen LogP contribution is -2.44. The summed E-state index contributed by atoms with van der Waals surface area (Å²) < 4.78 is 0. The molecule has 1 heteroatoms. The molecule has 0 aromatic rings. The fraction of sp³-hybridized carbons (Fsp3) is 0.833. The second kappa shape index (κ2) is 5.43. The summed E-state index contributed by atoms with van der Waals surface area (Å²) in [6, 6.07) is 1.00. The molecule has 0 aromatic carbocycles. The highest BCUT2D eigenvalue weighted by Gasteiger charge is 2.25. The van der Waals surface area contributed by atoms with Crippen LogP contribution in [-0.4, -0.2) is 12.1 Å². The van der Waals surface area contributed by atoms with Crippen molar-refractivity contribution in [2.24, 2.45) is 5.41 Å². The quantitative estimate of drug-likeness (QED) is 0.623. The standard InChI is InChI=1S/C12H25N/c1-7-10(4)13-11(8-2)12(5,6)9-3/h8,10-11,13H,2,7,9H2,1,3-6H3. The molecule has 1 nitrogen and oxygen atoms in total. The molecule has 0 aliphatic rings. The van der Waals surface area contributed by atoms with Crippen molar-refractivity contribution in [2.75, 3.05) is 0 Å². The van der Waals surface area contributed by atoms with Crippen LogP contribution in [0.1, 0.15) is 47.5 Å². The van der Waals surface area contributed by atoms with Crippen molar-refractivity contribution < 1.29 is 0 Å². The van der Waals surface area contributed by atoms with Gasteiger partial charge in [0.1, 0.15) is 0 Å². The highest BCUT2D eigenvalue weighted by Crippen LogP contribution is 2.25. The SMILES string of the molecule is C=CC(NC(C)CC)C(C)(C)CC. The monoisotopic (exact) mass is 183 g/mol. The molecular formula is C12H25N. The Kier molecular flexibility index (Phi) is 5.31. The van der Waals surface area contributed by atoms with Crippen molar-refractivity contribution in [1.82, 2.24) is 5.32 Å². The number of hydrogen-bond acceptors (Lipinski definition) is 1. The maximum absolute atomic E-state index is 3.90. The predicted molar refractivity (Wildman–Crippen MR) is 60.9 cm³/mol. The van der Waals surface area contributed by atoms with Gasteiger partial charge in [-0.25, -0.2) is 0 Å². The summed E-state index contributed by atoms with van der Waals surface area (Å²) >= 11 is 0. The molecule has 0 fully saturated rings. The molecule has 0 amide bonds. The summed E-state index contributed by atoms with van der Waals surface area (Å²) in [5, 5.41) is 3.59. The third kappa shape index (κ3) is 3.95. The van der Waals surface area contributed by atoms with Crippen LogP contribution in [0.2, 0.25) is 0 Å². The number of nitrogens with one attached hydrogen (secondary N) is 1. The van der Waals surface area contributed by atoms with E-state index in [1.165, 1.54) is 12.8 Å². The van der Waals surface area contributed by atoms with Crippen LogP contribution >= 0.6 is 0 Å². The third-order valence-corrected chi connectivity index (χ3v) is 3.07. The molecule has 0 aliphatic carbocycles. The van der Waals surface area contributed by atoms with E-state index in [1.54, 1.807) is 0 Å².